The normalized spacial score (nSPS) is 15.9. The fourth-order valence-electron chi connectivity index (χ4n) is 2.61. The zero-order chi connectivity index (χ0) is 18.0. The number of sulfonamides is 1. The van der Waals surface area contributed by atoms with Gasteiger partial charge in [-0.15, -0.1) is 0 Å². The van der Waals surface area contributed by atoms with Gasteiger partial charge in [-0.3, -0.25) is 4.99 Å². The summed E-state index contributed by atoms with van der Waals surface area (Å²) in [7, 11) is -3.41. The standard InChI is InChI=1S/C17H16Br2N2O3S/c18-13-9-12(17(22)16(19)10-13)11-20-14-3-5-15(6-4-14)25(23,24)21-7-1-2-8-21/h3-6,9-11,22H,1-2,7-8H2. The van der Waals surface area contributed by atoms with Crippen LogP contribution in [0.4, 0.5) is 5.69 Å². The van der Waals surface area contributed by atoms with Crippen molar-refractivity contribution in [1.82, 2.24) is 4.31 Å². The molecule has 5 nitrogen and oxygen atoms in total. The summed E-state index contributed by atoms with van der Waals surface area (Å²) in [5.74, 6) is 0.0974. The topological polar surface area (TPSA) is 70.0 Å². The lowest BCUT2D eigenvalue weighted by Crippen LogP contribution is -2.27. The van der Waals surface area contributed by atoms with Gasteiger partial charge in [0.2, 0.25) is 10.0 Å². The van der Waals surface area contributed by atoms with Crippen molar-refractivity contribution in [2.24, 2.45) is 4.99 Å². The maximum Gasteiger partial charge on any atom is 0.243 e. The minimum Gasteiger partial charge on any atom is -0.506 e. The third kappa shape index (κ3) is 4.13. The first-order valence-corrected chi connectivity index (χ1v) is 10.7. The highest BCUT2D eigenvalue weighted by atomic mass is 79.9. The summed E-state index contributed by atoms with van der Waals surface area (Å²) in [5, 5.41) is 10.0. The van der Waals surface area contributed by atoms with E-state index in [4.69, 9.17) is 0 Å². The van der Waals surface area contributed by atoms with Crippen molar-refractivity contribution in [2.75, 3.05) is 13.1 Å². The first kappa shape index (κ1) is 18.6. The van der Waals surface area contributed by atoms with Gasteiger partial charge in [0.25, 0.3) is 0 Å². The molecule has 1 N–H and O–H groups in total. The molecule has 1 saturated heterocycles. The molecule has 0 radical (unpaired) electrons. The largest absolute Gasteiger partial charge is 0.506 e. The van der Waals surface area contributed by atoms with E-state index in [1.54, 1.807) is 36.4 Å². The summed E-state index contributed by atoms with van der Waals surface area (Å²) in [6.45, 7) is 1.17. The Labute approximate surface area is 163 Å². The lowest BCUT2D eigenvalue weighted by molar-refractivity contribution is 0.471. The lowest BCUT2D eigenvalue weighted by atomic mass is 10.2. The second kappa shape index (κ2) is 7.57. The minimum atomic E-state index is -3.41. The van der Waals surface area contributed by atoms with Gasteiger partial charge in [0.1, 0.15) is 5.75 Å². The van der Waals surface area contributed by atoms with E-state index >= 15 is 0 Å². The van der Waals surface area contributed by atoms with Crippen LogP contribution in [0.25, 0.3) is 0 Å². The molecule has 2 aromatic carbocycles. The molecule has 0 bridgehead atoms. The Hall–Kier alpha value is -1.22. The lowest BCUT2D eigenvalue weighted by Gasteiger charge is -2.15. The Morgan fingerprint density at radius 2 is 1.72 bits per heavy atom. The number of rotatable bonds is 4. The number of benzene rings is 2. The molecule has 0 amide bonds. The molecular formula is C17H16Br2N2O3S. The highest BCUT2D eigenvalue weighted by Gasteiger charge is 2.26. The molecule has 0 atom stereocenters. The van der Waals surface area contributed by atoms with Gasteiger partial charge in [0.05, 0.1) is 15.1 Å². The van der Waals surface area contributed by atoms with Gasteiger partial charge in [-0.25, -0.2) is 8.42 Å². The third-order valence-corrected chi connectivity index (χ3v) is 6.93. The molecule has 0 saturated carbocycles. The van der Waals surface area contributed by atoms with Crippen LogP contribution in [0, 0.1) is 0 Å². The maximum absolute atomic E-state index is 12.5. The molecule has 132 valence electrons. The number of phenolic OH excluding ortho intramolecular Hbond substituents is 1. The predicted octanol–water partition coefficient (Wildman–Crippen LogP) is 4.45. The quantitative estimate of drug-likeness (QED) is 0.647. The Morgan fingerprint density at radius 1 is 1.08 bits per heavy atom. The van der Waals surface area contributed by atoms with E-state index < -0.39 is 10.0 Å². The van der Waals surface area contributed by atoms with Crippen LogP contribution in [0.1, 0.15) is 18.4 Å². The van der Waals surface area contributed by atoms with Crippen LogP contribution in [0.2, 0.25) is 0 Å². The average molecular weight is 488 g/mol. The number of hydrogen-bond acceptors (Lipinski definition) is 4. The number of halogens is 2. The van der Waals surface area contributed by atoms with E-state index in [9.17, 15) is 13.5 Å². The van der Waals surface area contributed by atoms with Crippen molar-refractivity contribution in [3.63, 3.8) is 0 Å². The van der Waals surface area contributed by atoms with Crippen LogP contribution in [-0.2, 0) is 10.0 Å². The molecule has 1 heterocycles. The van der Waals surface area contributed by atoms with Gasteiger partial charge >= 0.3 is 0 Å². The molecular weight excluding hydrogens is 472 g/mol. The van der Waals surface area contributed by atoms with Crippen molar-refractivity contribution >= 4 is 53.8 Å². The summed E-state index contributed by atoms with van der Waals surface area (Å²) in [6, 6.07) is 9.93. The van der Waals surface area contributed by atoms with Gasteiger partial charge in [-0.2, -0.15) is 4.31 Å². The van der Waals surface area contributed by atoms with Crippen LogP contribution in [0.5, 0.6) is 5.75 Å². The smallest absolute Gasteiger partial charge is 0.243 e. The Morgan fingerprint density at radius 3 is 2.36 bits per heavy atom. The van der Waals surface area contributed by atoms with Crippen LogP contribution >= 0.6 is 31.9 Å². The Balaban J connectivity index is 1.81. The summed E-state index contributed by atoms with van der Waals surface area (Å²) < 4.78 is 27.9. The molecule has 0 aliphatic carbocycles. The van der Waals surface area contributed by atoms with E-state index in [2.05, 4.69) is 36.9 Å². The van der Waals surface area contributed by atoms with Gasteiger partial charge < -0.3 is 5.11 Å². The Bertz CT molecular complexity index is 906. The van der Waals surface area contributed by atoms with Crippen LogP contribution < -0.4 is 0 Å². The second-order valence-corrected chi connectivity index (χ2v) is 9.40. The molecule has 0 aromatic heterocycles. The molecule has 25 heavy (non-hydrogen) atoms. The number of aliphatic imine (C=N–C) groups is 1. The SMILES string of the molecule is O=S(=O)(c1ccc(N=Cc2cc(Br)cc(Br)c2O)cc1)N1CCCC1. The molecule has 3 rings (SSSR count). The number of aromatic hydroxyl groups is 1. The fraction of sp³-hybridized carbons (Fsp3) is 0.235. The van der Waals surface area contributed by atoms with Crippen LogP contribution in [0.15, 0.2) is 55.2 Å². The highest BCUT2D eigenvalue weighted by Crippen LogP contribution is 2.31. The van der Waals surface area contributed by atoms with Gasteiger partial charge in [-0.1, -0.05) is 15.9 Å². The summed E-state index contributed by atoms with van der Waals surface area (Å²) in [5.41, 5.74) is 1.16. The molecule has 0 spiro atoms. The molecule has 1 fully saturated rings. The van der Waals surface area contributed by atoms with Crippen LogP contribution in [0.3, 0.4) is 0 Å². The number of hydrogen-bond donors (Lipinski definition) is 1. The van der Waals surface area contributed by atoms with Crippen molar-refractivity contribution in [3.8, 4) is 5.75 Å². The molecule has 2 aromatic rings. The van der Waals surface area contributed by atoms with Crippen molar-refractivity contribution < 1.29 is 13.5 Å². The summed E-state index contributed by atoms with van der Waals surface area (Å²) in [4.78, 5) is 4.58. The first-order chi connectivity index (χ1) is 11.9. The summed E-state index contributed by atoms with van der Waals surface area (Å²) in [6.07, 6.45) is 3.36. The van der Waals surface area contributed by atoms with Gasteiger partial charge in [0.15, 0.2) is 0 Å². The van der Waals surface area contributed by atoms with Gasteiger partial charge in [0, 0.05) is 29.3 Å². The highest BCUT2D eigenvalue weighted by molar-refractivity contribution is 9.11. The zero-order valence-corrected chi connectivity index (χ0v) is 17.2. The number of phenols is 1. The van der Waals surface area contributed by atoms with Crippen molar-refractivity contribution in [2.45, 2.75) is 17.7 Å². The van der Waals surface area contributed by atoms with E-state index in [-0.39, 0.29) is 10.6 Å². The molecule has 1 aliphatic rings. The van der Waals surface area contributed by atoms with Crippen molar-refractivity contribution in [1.29, 1.82) is 0 Å². The van der Waals surface area contributed by atoms with Crippen molar-refractivity contribution in [3.05, 3.63) is 50.9 Å². The number of nitrogens with zero attached hydrogens (tertiary/aromatic N) is 2. The van der Waals surface area contributed by atoms with E-state index in [1.807, 2.05) is 0 Å². The monoisotopic (exact) mass is 486 g/mol. The average Bonchev–Trinajstić information content (AvgIpc) is 3.12. The van der Waals surface area contributed by atoms with E-state index in [0.29, 0.717) is 28.8 Å². The minimum absolute atomic E-state index is 0.0974. The first-order valence-electron chi connectivity index (χ1n) is 7.70. The van der Waals surface area contributed by atoms with Gasteiger partial charge in [-0.05, 0) is 65.2 Å². The molecule has 0 unspecified atom stereocenters. The zero-order valence-electron chi connectivity index (χ0n) is 13.2. The maximum atomic E-state index is 12.5. The summed E-state index contributed by atoms with van der Waals surface area (Å²) >= 11 is 6.64. The van der Waals surface area contributed by atoms with E-state index in [1.165, 1.54) is 10.5 Å². The predicted molar refractivity (Wildman–Crippen MR) is 105 cm³/mol. The van der Waals surface area contributed by atoms with Crippen LogP contribution in [-0.4, -0.2) is 37.1 Å². The molecule has 8 heteroatoms. The molecule has 1 aliphatic heterocycles. The second-order valence-electron chi connectivity index (χ2n) is 5.69. The Kier molecular flexibility index (Phi) is 5.62. The third-order valence-electron chi connectivity index (χ3n) is 3.95. The van der Waals surface area contributed by atoms with E-state index in [0.717, 1.165) is 17.3 Å². The fourth-order valence-corrected chi connectivity index (χ4v) is 5.39.